The number of amides is 1. The molecule has 1 amide bonds. The van der Waals surface area contributed by atoms with Gasteiger partial charge in [-0.1, -0.05) is 12.2 Å². The molecule has 0 unspecified atom stereocenters. The van der Waals surface area contributed by atoms with Gasteiger partial charge in [0.1, 0.15) is 5.69 Å². The molecule has 0 atom stereocenters. The zero-order valence-corrected chi connectivity index (χ0v) is 9.53. The Bertz CT molecular complexity index is 439. The van der Waals surface area contributed by atoms with Crippen LogP contribution >= 0.6 is 0 Å². The fraction of sp³-hybridized carbons (Fsp3) is 0.455. The molecule has 1 heterocycles. The van der Waals surface area contributed by atoms with Crippen LogP contribution in [-0.4, -0.2) is 21.7 Å². The number of nitrogens with one attached hydrogen (secondary N) is 1. The molecule has 0 spiro atoms. The minimum absolute atomic E-state index is 0.144. The second-order valence-corrected chi connectivity index (χ2v) is 4.08. The molecule has 0 saturated carbocycles. The van der Waals surface area contributed by atoms with Gasteiger partial charge in [-0.25, -0.2) is 0 Å². The van der Waals surface area contributed by atoms with Crippen LogP contribution < -0.4 is 11.1 Å². The number of nitrogens with zero attached hydrogens (tertiary/aromatic N) is 2. The molecule has 3 N–H and O–H groups in total. The first kappa shape index (κ1) is 10.7. The van der Waals surface area contributed by atoms with E-state index in [1.165, 1.54) is 4.68 Å². The highest BCUT2D eigenvalue weighted by atomic mass is 16.2. The van der Waals surface area contributed by atoms with Crippen molar-refractivity contribution in [2.24, 2.45) is 7.05 Å². The molecule has 1 aliphatic rings. The summed E-state index contributed by atoms with van der Waals surface area (Å²) in [4.78, 5) is 12.0. The average Bonchev–Trinajstić information content (AvgIpc) is 2.77. The summed E-state index contributed by atoms with van der Waals surface area (Å²) in [7, 11) is 1.73. The molecule has 0 aliphatic heterocycles. The Morgan fingerprint density at radius 2 is 2.19 bits per heavy atom. The first-order valence-corrected chi connectivity index (χ1v) is 5.34. The fourth-order valence-corrected chi connectivity index (χ4v) is 1.93. The average molecular weight is 220 g/mol. The van der Waals surface area contributed by atoms with Gasteiger partial charge < -0.3 is 11.1 Å². The Balaban J connectivity index is 2.14. The predicted octanol–water partition coefficient (Wildman–Crippen LogP) is 0.759. The van der Waals surface area contributed by atoms with E-state index in [0.29, 0.717) is 17.1 Å². The molecule has 5 nitrogen and oxygen atoms in total. The smallest absolute Gasteiger partial charge is 0.271 e. The third-order valence-electron chi connectivity index (χ3n) is 2.83. The topological polar surface area (TPSA) is 72.9 Å². The van der Waals surface area contributed by atoms with E-state index in [2.05, 4.69) is 22.6 Å². The number of aryl methyl sites for hydroxylation is 2. The summed E-state index contributed by atoms with van der Waals surface area (Å²) >= 11 is 0. The van der Waals surface area contributed by atoms with Gasteiger partial charge in [0.2, 0.25) is 0 Å². The van der Waals surface area contributed by atoms with Gasteiger partial charge in [0.15, 0.2) is 0 Å². The number of nitrogen functional groups attached to an aromatic ring is 1. The lowest BCUT2D eigenvalue weighted by atomic mass is 10.2. The van der Waals surface area contributed by atoms with Crippen molar-refractivity contribution in [3.05, 3.63) is 23.5 Å². The normalized spacial score (nSPS) is 15.6. The van der Waals surface area contributed by atoms with Gasteiger partial charge in [-0.15, -0.1) is 0 Å². The third kappa shape index (κ3) is 1.80. The van der Waals surface area contributed by atoms with Crippen LogP contribution in [0.15, 0.2) is 12.2 Å². The second kappa shape index (κ2) is 4.00. The first-order chi connectivity index (χ1) is 7.59. The van der Waals surface area contributed by atoms with Gasteiger partial charge in [-0.05, 0) is 19.8 Å². The minimum Gasteiger partial charge on any atom is -0.395 e. The maximum Gasteiger partial charge on any atom is 0.271 e. The van der Waals surface area contributed by atoms with Crippen LogP contribution in [0.1, 0.15) is 29.0 Å². The molecule has 1 aromatic heterocycles. The van der Waals surface area contributed by atoms with Crippen molar-refractivity contribution in [2.45, 2.75) is 25.8 Å². The van der Waals surface area contributed by atoms with E-state index in [1.807, 2.05) is 0 Å². The predicted molar refractivity (Wildman–Crippen MR) is 62.0 cm³/mol. The van der Waals surface area contributed by atoms with Crippen LogP contribution in [-0.2, 0) is 7.05 Å². The lowest BCUT2D eigenvalue weighted by molar-refractivity contribution is 0.0930. The van der Waals surface area contributed by atoms with Crippen molar-refractivity contribution < 1.29 is 4.79 Å². The molecule has 0 saturated heterocycles. The van der Waals surface area contributed by atoms with Gasteiger partial charge in [0, 0.05) is 13.1 Å². The summed E-state index contributed by atoms with van der Waals surface area (Å²) in [5.41, 5.74) is 7.42. The van der Waals surface area contributed by atoms with Crippen molar-refractivity contribution >= 4 is 11.6 Å². The zero-order chi connectivity index (χ0) is 11.7. The van der Waals surface area contributed by atoms with Crippen molar-refractivity contribution in [1.29, 1.82) is 0 Å². The van der Waals surface area contributed by atoms with E-state index >= 15 is 0 Å². The zero-order valence-electron chi connectivity index (χ0n) is 9.53. The maximum atomic E-state index is 12.0. The lowest BCUT2D eigenvalue weighted by Crippen LogP contribution is -2.34. The van der Waals surface area contributed by atoms with E-state index in [0.717, 1.165) is 12.8 Å². The second-order valence-electron chi connectivity index (χ2n) is 4.08. The lowest BCUT2D eigenvalue weighted by Gasteiger charge is -2.12. The number of carbonyl (C=O) groups is 1. The van der Waals surface area contributed by atoms with Crippen LogP contribution in [0.5, 0.6) is 0 Å². The first-order valence-electron chi connectivity index (χ1n) is 5.34. The van der Waals surface area contributed by atoms with Gasteiger partial charge in [-0.3, -0.25) is 9.48 Å². The fourth-order valence-electron chi connectivity index (χ4n) is 1.93. The molecule has 1 aliphatic carbocycles. The van der Waals surface area contributed by atoms with E-state index in [-0.39, 0.29) is 11.9 Å². The van der Waals surface area contributed by atoms with Crippen LogP contribution in [0.2, 0.25) is 0 Å². The number of hydrogen-bond donors (Lipinski definition) is 2. The Morgan fingerprint density at radius 3 is 2.69 bits per heavy atom. The van der Waals surface area contributed by atoms with Crippen molar-refractivity contribution in [2.75, 3.05) is 5.73 Å². The number of anilines is 1. The van der Waals surface area contributed by atoms with Gasteiger partial charge in [-0.2, -0.15) is 5.10 Å². The van der Waals surface area contributed by atoms with Crippen molar-refractivity contribution in [3.63, 3.8) is 0 Å². The molecule has 86 valence electrons. The molecule has 0 fully saturated rings. The summed E-state index contributed by atoms with van der Waals surface area (Å²) in [5.74, 6) is -0.144. The van der Waals surface area contributed by atoms with E-state index in [4.69, 9.17) is 5.73 Å². The number of aromatic nitrogens is 2. The third-order valence-corrected chi connectivity index (χ3v) is 2.83. The van der Waals surface area contributed by atoms with Crippen LogP contribution in [0, 0.1) is 6.92 Å². The molecular weight excluding hydrogens is 204 g/mol. The summed E-state index contributed by atoms with van der Waals surface area (Å²) < 4.78 is 1.53. The standard InChI is InChI=1S/C11H16N4O/c1-7-9(12)10(15(2)14-7)11(16)13-8-5-3-4-6-8/h3-4,8H,5-6,12H2,1-2H3,(H,13,16). The molecule has 1 aromatic rings. The molecule has 5 heteroatoms. The van der Waals surface area contributed by atoms with Gasteiger partial charge >= 0.3 is 0 Å². The molecule has 2 rings (SSSR count). The Hall–Kier alpha value is -1.78. The number of nitrogens with two attached hydrogens (primary N) is 1. The van der Waals surface area contributed by atoms with Crippen LogP contribution in [0.3, 0.4) is 0 Å². The summed E-state index contributed by atoms with van der Waals surface area (Å²) in [6.45, 7) is 1.79. The quantitative estimate of drug-likeness (QED) is 0.723. The molecule has 0 radical (unpaired) electrons. The molecule has 0 bridgehead atoms. The summed E-state index contributed by atoms with van der Waals surface area (Å²) in [5, 5.41) is 7.07. The number of hydrogen-bond acceptors (Lipinski definition) is 3. The highest BCUT2D eigenvalue weighted by molar-refractivity contribution is 5.98. The monoisotopic (exact) mass is 220 g/mol. The number of carbonyl (C=O) groups excluding carboxylic acids is 1. The van der Waals surface area contributed by atoms with E-state index < -0.39 is 0 Å². The van der Waals surface area contributed by atoms with Crippen LogP contribution in [0.25, 0.3) is 0 Å². The largest absolute Gasteiger partial charge is 0.395 e. The highest BCUT2D eigenvalue weighted by Gasteiger charge is 2.21. The van der Waals surface area contributed by atoms with Gasteiger partial charge in [0.05, 0.1) is 11.4 Å². The SMILES string of the molecule is Cc1nn(C)c(C(=O)NC2CC=CC2)c1N. The number of rotatable bonds is 2. The summed E-state index contributed by atoms with van der Waals surface area (Å²) in [6, 6.07) is 0.196. The molecule has 16 heavy (non-hydrogen) atoms. The van der Waals surface area contributed by atoms with Crippen molar-refractivity contribution in [3.8, 4) is 0 Å². The van der Waals surface area contributed by atoms with Gasteiger partial charge in [0.25, 0.3) is 5.91 Å². The van der Waals surface area contributed by atoms with Crippen LogP contribution in [0.4, 0.5) is 5.69 Å². The molecular formula is C11H16N4O. The van der Waals surface area contributed by atoms with E-state index in [9.17, 15) is 4.79 Å². The minimum atomic E-state index is -0.144. The Kier molecular flexibility index (Phi) is 2.68. The maximum absolute atomic E-state index is 12.0. The van der Waals surface area contributed by atoms with Crippen molar-refractivity contribution in [1.82, 2.24) is 15.1 Å². The Labute approximate surface area is 94.3 Å². The van der Waals surface area contributed by atoms with E-state index in [1.54, 1.807) is 14.0 Å². The highest BCUT2D eigenvalue weighted by Crippen LogP contribution is 2.16. The summed E-state index contributed by atoms with van der Waals surface area (Å²) in [6.07, 6.45) is 5.93. The molecule has 0 aromatic carbocycles. The Morgan fingerprint density at radius 1 is 1.56 bits per heavy atom.